The summed E-state index contributed by atoms with van der Waals surface area (Å²) < 4.78 is 5.64. The van der Waals surface area contributed by atoms with Gasteiger partial charge in [-0.3, -0.25) is 9.69 Å². The van der Waals surface area contributed by atoms with E-state index in [0.29, 0.717) is 12.6 Å². The Labute approximate surface area is 102 Å². The number of aliphatic carboxylic acids is 1. The van der Waals surface area contributed by atoms with Gasteiger partial charge >= 0.3 is 5.97 Å². The van der Waals surface area contributed by atoms with E-state index in [2.05, 4.69) is 10.2 Å². The second-order valence-corrected chi connectivity index (χ2v) is 5.31. The number of nitrogens with one attached hydrogen (secondary N) is 1. The van der Waals surface area contributed by atoms with Gasteiger partial charge in [0.15, 0.2) is 0 Å². The zero-order valence-corrected chi connectivity index (χ0v) is 10.6. The molecule has 0 aromatic carbocycles. The summed E-state index contributed by atoms with van der Waals surface area (Å²) in [4.78, 5) is 13.4. The quantitative estimate of drug-likeness (QED) is 0.726. The van der Waals surface area contributed by atoms with Crippen LogP contribution in [-0.2, 0) is 9.53 Å². The lowest BCUT2D eigenvalue weighted by Gasteiger charge is -2.36. The van der Waals surface area contributed by atoms with E-state index in [1.165, 1.54) is 0 Å². The smallest absolute Gasteiger partial charge is 0.322 e. The minimum atomic E-state index is -0.747. The van der Waals surface area contributed by atoms with E-state index in [1.54, 1.807) is 0 Å². The molecule has 3 atom stereocenters. The van der Waals surface area contributed by atoms with Crippen LogP contribution in [0.1, 0.15) is 26.7 Å². The Kier molecular flexibility index (Phi) is 4.01. The van der Waals surface area contributed by atoms with Gasteiger partial charge in [0.05, 0.1) is 12.2 Å². The molecule has 0 aromatic heterocycles. The van der Waals surface area contributed by atoms with E-state index in [4.69, 9.17) is 4.74 Å². The summed E-state index contributed by atoms with van der Waals surface area (Å²) in [6.45, 7) is 6.28. The molecule has 5 nitrogen and oxygen atoms in total. The second kappa shape index (κ2) is 5.33. The minimum absolute atomic E-state index is 0.189. The Morgan fingerprint density at radius 2 is 2.00 bits per heavy atom. The summed E-state index contributed by atoms with van der Waals surface area (Å²) in [5, 5.41) is 12.4. The van der Waals surface area contributed by atoms with Crippen LogP contribution < -0.4 is 5.32 Å². The van der Waals surface area contributed by atoms with Crippen molar-refractivity contribution >= 4 is 5.97 Å². The van der Waals surface area contributed by atoms with Gasteiger partial charge < -0.3 is 15.2 Å². The van der Waals surface area contributed by atoms with Gasteiger partial charge in [-0.25, -0.2) is 0 Å². The molecule has 2 rings (SSSR count). The molecule has 5 heteroatoms. The van der Waals surface area contributed by atoms with Crippen LogP contribution in [0.5, 0.6) is 0 Å². The highest BCUT2D eigenvalue weighted by molar-refractivity contribution is 5.73. The lowest BCUT2D eigenvalue weighted by molar-refractivity contribution is -0.141. The molecule has 0 bridgehead atoms. The van der Waals surface area contributed by atoms with Crippen molar-refractivity contribution in [1.82, 2.24) is 10.2 Å². The molecule has 0 aromatic rings. The molecule has 0 radical (unpaired) electrons. The average molecular weight is 242 g/mol. The van der Waals surface area contributed by atoms with Crippen molar-refractivity contribution in [1.29, 1.82) is 0 Å². The Morgan fingerprint density at radius 1 is 1.41 bits per heavy atom. The van der Waals surface area contributed by atoms with Crippen molar-refractivity contribution in [2.24, 2.45) is 0 Å². The predicted molar refractivity (Wildman–Crippen MR) is 64.0 cm³/mol. The molecule has 2 N–H and O–H groups in total. The van der Waals surface area contributed by atoms with Crippen molar-refractivity contribution in [3.05, 3.63) is 0 Å². The van der Waals surface area contributed by atoms with Gasteiger partial charge in [-0.05, 0) is 26.7 Å². The third-order valence-corrected chi connectivity index (χ3v) is 3.25. The van der Waals surface area contributed by atoms with Gasteiger partial charge in [0.25, 0.3) is 0 Å². The van der Waals surface area contributed by atoms with Crippen molar-refractivity contribution in [2.45, 2.75) is 51.0 Å². The summed E-state index contributed by atoms with van der Waals surface area (Å²) in [5.41, 5.74) is 0. The van der Waals surface area contributed by atoms with Crippen molar-refractivity contribution in [3.8, 4) is 0 Å². The highest BCUT2D eigenvalue weighted by atomic mass is 16.5. The van der Waals surface area contributed by atoms with Crippen LogP contribution in [0.4, 0.5) is 0 Å². The fourth-order valence-corrected chi connectivity index (χ4v) is 2.43. The standard InChI is InChI=1S/C12H22N2O3/c1-8-5-14(6-9(2)17-8)7-11(12(15)16)13-10-3-4-10/h8-11,13H,3-7H2,1-2H3,(H,15,16). The van der Waals surface area contributed by atoms with Crippen LogP contribution in [0.15, 0.2) is 0 Å². The maximum atomic E-state index is 11.2. The SMILES string of the molecule is CC1CN(CC(NC2CC2)C(=O)O)CC(C)O1. The molecule has 1 aliphatic heterocycles. The lowest BCUT2D eigenvalue weighted by atomic mass is 10.2. The molecule has 2 fully saturated rings. The van der Waals surface area contributed by atoms with Gasteiger partial charge in [-0.1, -0.05) is 0 Å². The first-order valence-corrected chi connectivity index (χ1v) is 6.41. The lowest BCUT2D eigenvalue weighted by Crippen LogP contribution is -2.53. The number of hydrogen-bond donors (Lipinski definition) is 2. The van der Waals surface area contributed by atoms with Crippen LogP contribution in [0, 0.1) is 0 Å². The van der Waals surface area contributed by atoms with E-state index in [-0.39, 0.29) is 12.2 Å². The largest absolute Gasteiger partial charge is 0.480 e. The normalized spacial score (nSPS) is 32.4. The Balaban J connectivity index is 1.85. The predicted octanol–water partition coefficient (Wildman–Crippen LogP) is 0.301. The fourth-order valence-electron chi connectivity index (χ4n) is 2.43. The first-order valence-electron chi connectivity index (χ1n) is 6.41. The van der Waals surface area contributed by atoms with E-state index in [0.717, 1.165) is 25.9 Å². The number of carboxylic acid groups (broad SMARTS) is 1. The average Bonchev–Trinajstić information content (AvgIpc) is 2.98. The van der Waals surface area contributed by atoms with E-state index in [9.17, 15) is 9.90 Å². The second-order valence-electron chi connectivity index (χ2n) is 5.31. The third-order valence-electron chi connectivity index (χ3n) is 3.25. The molecule has 98 valence electrons. The van der Waals surface area contributed by atoms with Gasteiger partial charge in [0.2, 0.25) is 0 Å². The van der Waals surface area contributed by atoms with Crippen LogP contribution >= 0.6 is 0 Å². The number of ether oxygens (including phenoxy) is 1. The van der Waals surface area contributed by atoms with Crippen molar-refractivity contribution in [3.63, 3.8) is 0 Å². The Morgan fingerprint density at radius 3 is 2.47 bits per heavy atom. The molecular formula is C12H22N2O3. The first kappa shape index (κ1) is 12.8. The zero-order valence-electron chi connectivity index (χ0n) is 10.6. The maximum Gasteiger partial charge on any atom is 0.322 e. The molecule has 0 amide bonds. The summed E-state index contributed by atoms with van der Waals surface area (Å²) in [6.07, 6.45) is 2.60. The summed E-state index contributed by atoms with van der Waals surface area (Å²) in [7, 11) is 0. The summed E-state index contributed by atoms with van der Waals surface area (Å²) in [5.74, 6) is -0.747. The topological polar surface area (TPSA) is 61.8 Å². The number of rotatable bonds is 5. The monoisotopic (exact) mass is 242 g/mol. The fraction of sp³-hybridized carbons (Fsp3) is 0.917. The molecule has 1 saturated carbocycles. The van der Waals surface area contributed by atoms with Crippen LogP contribution in [-0.4, -0.2) is 59.9 Å². The first-order chi connectivity index (χ1) is 8.04. The number of carboxylic acids is 1. The van der Waals surface area contributed by atoms with Gasteiger partial charge in [0.1, 0.15) is 6.04 Å². The highest BCUT2D eigenvalue weighted by Crippen LogP contribution is 2.20. The zero-order chi connectivity index (χ0) is 12.4. The Hall–Kier alpha value is -0.650. The van der Waals surface area contributed by atoms with Crippen molar-refractivity contribution in [2.75, 3.05) is 19.6 Å². The number of nitrogens with zero attached hydrogens (tertiary/aromatic N) is 1. The molecule has 17 heavy (non-hydrogen) atoms. The van der Waals surface area contributed by atoms with Crippen LogP contribution in [0.25, 0.3) is 0 Å². The van der Waals surface area contributed by atoms with Crippen LogP contribution in [0.3, 0.4) is 0 Å². The van der Waals surface area contributed by atoms with Gasteiger partial charge in [-0.15, -0.1) is 0 Å². The maximum absolute atomic E-state index is 11.2. The number of morpholine rings is 1. The van der Waals surface area contributed by atoms with E-state index >= 15 is 0 Å². The molecular weight excluding hydrogens is 220 g/mol. The summed E-state index contributed by atoms with van der Waals surface area (Å²) in [6, 6.07) is -0.0213. The molecule has 1 aliphatic carbocycles. The number of carbonyl (C=O) groups is 1. The highest BCUT2D eigenvalue weighted by Gasteiger charge is 2.31. The van der Waals surface area contributed by atoms with E-state index in [1.807, 2.05) is 13.8 Å². The Bertz CT molecular complexity index is 271. The molecule has 1 heterocycles. The van der Waals surface area contributed by atoms with Gasteiger partial charge in [0, 0.05) is 25.7 Å². The molecule has 2 aliphatic rings. The van der Waals surface area contributed by atoms with Crippen LogP contribution in [0.2, 0.25) is 0 Å². The van der Waals surface area contributed by atoms with Gasteiger partial charge in [-0.2, -0.15) is 0 Å². The molecule has 0 spiro atoms. The molecule has 1 saturated heterocycles. The molecule has 3 unspecified atom stereocenters. The number of hydrogen-bond acceptors (Lipinski definition) is 4. The minimum Gasteiger partial charge on any atom is -0.480 e. The van der Waals surface area contributed by atoms with Crippen molar-refractivity contribution < 1.29 is 14.6 Å². The third kappa shape index (κ3) is 3.94. The van der Waals surface area contributed by atoms with E-state index < -0.39 is 12.0 Å². The summed E-state index contributed by atoms with van der Waals surface area (Å²) >= 11 is 0.